The summed E-state index contributed by atoms with van der Waals surface area (Å²) in [6, 6.07) is 10.9. The summed E-state index contributed by atoms with van der Waals surface area (Å²) >= 11 is 0. The molecule has 0 saturated heterocycles. The third kappa shape index (κ3) is 6.82. The second kappa shape index (κ2) is 12.0. The standard InChI is InChI=1S/C30H39FN2O4/c1-4-37-22-12-10-20(11-13-22)14-29(34)32-27-16-24(23-15-25(23)30(35)36)26(31)17-28(27)33(18-19(2)3)21-8-6-5-7-9-21/h10-13,16-17,19,21,23,25H,4-9,14-15,18H2,1-3H3,(H,32,34)(H,35,36)/t23-,25-/m0/s1. The maximum Gasteiger partial charge on any atom is 0.307 e. The molecule has 2 N–H and O–H groups in total. The summed E-state index contributed by atoms with van der Waals surface area (Å²) in [7, 11) is 0. The highest BCUT2D eigenvalue weighted by molar-refractivity contribution is 5.96. The largest absolute Gasteiger partial charge is 0.494 e. The fraction of sp³-hybridized carbons (Fsp3) is 0.533. The first-order valence-corrected chi connectivity index (χ1v) is 13.6. The fourth-order valence-electron chi connectivity index (χ4n) is 5.49. The van der Waals surface area contributed by atoms with Gasteiger partial charge in [0.05, 0.1) is 30.3 Å². The second-order valence-corrected chi connectivity index (χ2v) is 10.8. The normalized spacial score (nSPS) is 19.5. The van der Waals surface area contributed by atoms with Crippen LogP contribution in [0.4, 0.5) is 15.8 Å². The average molecular weight is 511 g/mol. The molecule has 0 radical (unpaired) electrons. The fourth-order valence-corrected chi connectivity index (χ4v) is 5.49. The number of hydrogen-bond acceptors (Lipinski definition) is 4. The zero-order chi connectivity index (χ0) is 26.5. The van der Waals surface area contributed by atoms with Crippen molar-refractivity contribution >= 4 is 23.3 Å². The molecule has 0 heterocycles. The summed E-state index contributed by atoms with van der Waals surface area (Å²) in [6.45, 7) is 7.55. The summed E-state index contributed by atoms with van der Waals surface area (Å²) in [5, 5.41) is 12.5. The van der Waals surface area contributed by atoms with Crippen molar-refractivity contribution in [3.63, 3.8) is 0 Å². The summed E-state index contributed by atoms with van der Waals surface area (Å²) in [6.07, 6.45) is 6.17. The molecular weight excluding hydrogens is 471 g/mol. The lowest BCUT2D eigenvalue weighted by atomic mass is 9.92. The highest BCUT2D eigenvalue weighted by Crippen LogP contribution is 2.50. The number of aliphatic carboxylic acids is 1. The number of amides is 1. The van der Waals surface area contributed by atoms with Gasteiger partial charge in [-0.1, -0.05) is 45.2 Å². The van der Waals surface area contributed by atoms with Crippen LogP contribution in [0, 0.1) is 17.7 Å². The maximum absolute atomic E-state index is 15.5. The molecule has 200 valence electrons. The number of hydrogen-bond donors (Lipinski definition) is 2. The van der Waals surface area contributed by atoms with E-state index in [-0.39, 0.29) is 24.3 Å². The number of benzene rings is 2. The van der Waals surface area contributed by atoms with Crippen LogP contribution in [-0.2, 0) is 16.0 Å². The van der Waals surface area contributed by atoms with Gasteiger partial charge in [0, 0.05) is 18.5 Å². The lowest BCUT2D eigenvalue weighted by Crippen LogP contribution is -2.40. The first-order valence-electron chi connectivity index (χ1n) is 13.6. The smallest absolute Gasteiger partial charge is 0.307 e. The zero-order valence-corrected chi connectivity index (χ0v) is 22.1. The number of ether oxygens (including phenoxy) is 1. The average Bonchev–Trinajstić information content (AvgIpc) is 3.66. The molecule has 37 heavy (non-hydrogen) atoms. The SMILES string of the molecule is CCOc1ccc(CC(=O)Nc2cc([C@@H]3C[C@@H]3C(=O)O)c(F)cc2N(CC(C)C)C2CCCCC2)cc1. The molecular formula is C30H39FN2O4. The van der Waals surface area contributed by atoms with Crippen LogP contribution in [0.1, 0.15) is 76.3 Å². The molecule has 2 aromatic rings. The van der Waals surface area contributed by atoms with Gasteiger partial charge in [-0.3, -0.25) is 9.59 Å². The van der Waals surface area contributed by atoms with Gasteiger partial charge in [-0.05, 0) is 67.5 Å². The van der Waals surface area contributed by atoms with Crippen molar-refractivity contribution in [1.82, 2.24) is 0 Å². The Labute approximate surface area is 219 Å². The first-order chi connectivity index (χ1) is 17.8. The van der Waals surface area contributed by atoms with Gasteiger partial charge in [-0.25, -0.2) is 4.39 Å². The Kier molecular flexibility index (Phi) is 8.72. The van der Waals surface area contributed by atoms with E-state index in [1.165, 1.54) is 12.5 Å². The van der Waals surface area contributed by atoms with Crippen molar-refractivity contribution in [1.29, 1.82) is 0 Å². The maximum atomic E-state index is 15.5. The van der Waals surface area contributed by atoms with Crippen molar-refractivity contribution < 1.29 is 23.8 Å². The molecule has 7 heteroatoms. The van der Waals surface area contributed by atoms with Gasteiger partial charge in [-0.15, -0.1) is 0 Å². The van der Waals surface area contributed by atoms with E-state index in [1.54, 1.807) is 6.07 Å². The molecule has 4 rings (SSSR count). The molecule has 1 amide bonds. The predicted octanol–water partition coefficient (Wildman–Crippen LogP) is 6.39. The Bertz CT molecular complexity index is 1100. The predicted molar refractivity (Wildman–Crippen MR) is 144 cm³/mol. The van der Waals surface area contributed by atoms with E-state index in [9.17, 15) is 14.7 Å². The van der Waals surface area contributed by atoms with Gasteiger partial charge in [0.1, 0.15) is 11.6 Å². The molecule has 2 aliphatic carbocycles. The number of nitrogens with one attached hydrogen (secondary N) is 1. The van der Waals surface area contributed by atoms with E-state index in [2.05, 4.69) is 24.1 Å². The minimum Gasteiger partial charge on any atom is -0.494 e. The number of carboxylic acid groups (broad SMARTS) is 1. The summed E-state index contributed by atoms with van der Waals surface area (Å²) < 4.78 is 21.0. The third-order valence-electron chi connectivity index (χ3n) is 7.38. The number of rotatable bonds is 11. The molecule has 2 aliphatic rings. The van der Waals surface area contributed by atoms with Gasteiger partial charge in [0.25, 0.3) is 0 Å². The Morgan fingerprint density at radius 2 is 1.84 bits per heavy atom. The van der Waals surface area contributed by atoms with E-state index in [1.807, 2.05) is 31.2 Å². The zero-order valence-electron chi connectivity index (χ0n) is 22.1. The van der Waals surface area contributed by atoms with Crippen molar-refractivity contribution in [3.05, 3.63) is 53.3 Å². The lowest BCUT2D eigenvalue weighted by molar-refractivity contribution is -0.138. The second-order valence-electron chi connectivity index (χ2n) is 10.8. The third-order valence-corrected chi connectivity index (χ3v) is 7.38. The molecule has 2 atom stereocenters. The minimum absolute atomic E-state index is 0.174. The highest BCUT2D eigenvalue weighted by Gasteiger charge is 2.46. The summed E-state index contributed by atoms with van der Waals surface area (Å²) in [4.78, 5) is 26.9. The Balaban J connectivity index is 1.64. The van der Waals surface area contributed by atoms with Crippen LogP contribution in [0.2, 0.25) is 0 Å². The quantitative estimate of drug-likeness (QED) is 0.366. The first kappa shape index (κ1) is 27.0. The summed E-state index contributed by atoms with van der Waals surface area (Å²) in [5.41, 5.74) is 2.48. The monoisotopic (exact) mass is 510 g/mol. The van der Waals surface area contributed by atoms with E-state index in [0.717, 1.165) is 43.5 Å². The van der Waals surface area contributed by atoms with Crippen molar-refractivity contribution in [2.75, 3.05) is 23.4 Å². The lowest BCUT2D eigenvalue weighted by Gasteiger charge is -2.38. The molecule has 0 aliphatic heterocycles. The van der Waals surface area contributed by atoms with Crippen molar-refractivity contribution in [2.45, 2.75) is 77.7 Å². The number of carbonyl (C=O) groups excluding carboxylic acids is 1. The number of carboxylic acids is 1. The topological polar surface area (TPSA) is 78.9 Å². The van der Waals surface area contributed by atoms with Crippen LogP contribution in [0.5, 0.6) is 5.75 Å². The minimum atomic E-state index is -0.904. The molecule has 0 spiro atoms. The molecule has 2 fully saturated rings. The number of anilines is 2. The van der Waals surface area contributed by atoms with E-state index in [4.69, 9.17) is 4.74 Å². The van der Waals surface area contributed by atoms with Gasteiger partial charge >= 0.3 is 5.97 Å². The number of nitrogens with zero attached hydrogens (tertiary/aromatic N) is 1. The Morgan fingerprint density at radius 3 is 2.43 bits per heavy atom. The molecule has 0 unspecified atom stereocenters. The van der Waals surface area contributed by atoms with Crippen LogP contribution in [0.15, 0.2) is 36.4 Å². The van der Waals surface area contributed by atoms with Crippen LogP contribution < -0.4 is 15.0 Å². The van der Waals surface area contributed by atoms with Crippen LogP contribution >= 0.6 is 0 Å². The van der Waals surface area contributed by atoms with Crippen LogP contribution in [0.3, 0.4) is 0 Å². The van der Waals surface area contributed by atoms with Gasteiger partial charge in [0.2, 0.25) is 5.91 Å². The number of carbonyl (C=O) groups is 2. The van der Waals surface area contributed by atoms with Gasteiger partial charge < -0.3 is 20.1 Å². The van der Waals surface area contributed by atoms with Crippen LogP contribution in [0.25, 0.3) is 0 Å². The molecule has 2 saturated carbocycles. The van der Waals surface area contributed by atoms with Crippen LogP contribution in [-0.4, -0.2) is 36.2 Å². The van der Waals surface area contributed by atoms with Gasteiger partial charge in [-0.2, -0.15) is 0 Å². The van der Waals surface area contributed by atoms with Crippen molar-refractivity contribution in [2.24, 2.45) is 11.8 Å². The van der Waals surface area contributed by atoms with Gasteiger partial charge in [0.15, 0.2) is 0 Å². The Morgan fingerprint density at radius 1 is 1.14 bits per heavy atom. The number of halogens is 1. The van der Waals surface area contributed by atoms with E-state index in [0.29, 0.717) is 35.9 Å². The molecule has 0 aromatic heterocycles. The molecule has 6 nitrogen and oxygen atoms in total. The Hall–Kier alpha value is -3.09. The molecule has 2 aromatic carbocycles. The van der Waals surface area contributed by atoms with E-state index >= 15 is 4.39 Å². The summed E-state index contributed by atoms with van der Waals surface area (Å²) in [5.74, 6) is -1.31. The molecule has 0 bridgehead atoms. The van der Waals surface area contributed by atoms with E-state index < -0.39 is 17.7 Å². The highest BCUT2D eigenvalue weighted by atomic mass is 19.1. The van der Waals surface area contributed by atoms with Crippen molar-refractivity contribution in [3.8, 4) is 5.75 Å².